The predicted molar refractivity (Wildman–Crippen MR) is 71.5 cm³/mol. The minimum Gasteiger partial charge on any atom is -0.443 e. The number of hydrogen-bond acceptors (Lipinski definition) is 5. The molecule has 0 saturated heterocycles. The van der Waals surface area contributed by atoms with Gasteiger partial charge in [-0.2, -0.15) is 0 Å². The summed E-state index contributed by atoms with van der Waals surface area (Å²) in [5.74, 6) is 0.627. The van der Waals surface area contributed by atoms with Crippen LogP contribution < -0.4 is 4.90 Å². The van der Waals surface area contributed by atoms with Gasteiger partial charge in [0, 0.05) is 37.9 Å². The molecular formula is C13H18N4O2. The van der Waals surface area contributed by atoms with E-state index in [9.17, 15) is 4.79 Å². The Morgan fingerprint density at radius 2 is 1.89 bits per heavy atom. The Hall–Kier alpha value is -2.11. The van der Waals surface area contributed by atoms with Gasteiger partial charge in [0.2, 0.25) is 5.95 Å². The lowest BCUT2D eigenvalue weighted by molar-refractivity contribution is 0.0334. The van der Waals surface area contributed by atoms with Crippen molar-refractivity contribution in [1.29, 1.82) is 0 Å². The molecule has 0 N–H and O–H groups in total. The van der Waals surface area contributed by atoms with Crippen molar-refractivity contribution in [2.45, 2.75) is 26.4 Å². The SMILES string of the molecule is CC(C)(C)OC(=O)N1C=CN(c2ncccn2)CC1. The molecule has 1 aliphatic heterocycles. The van der Waals surface area contributed by atoms with Crippen LogP contribution >= 0.6 is 0 Å². The molecule has 19 heavy (non-hydrogen) atoms. The van der Waals surface area contributed by atoms with E-state index in [2.05, 4.69) is 9.97 Å². The second-order valence-corrected chi connectivity index (χ2v) is 5.21. The monoisotopic (exact) mass is 262 g/mol. The van der Waals surface area contributed by atoms with Gasteiger partial charge >= 0.3 is 6.09 Å². The van der Waals surface area contributed by atoms with Crippen LogP contribution in [0.5, 0.6) is 0 Å². The highest BCUT2D eigenvalue weighted by molar-refractivity contribution is 5.70. The Labute approximate surface area is 112 Å². The maximum Gasteiger partial charge on any atom is 0.414 e. The van der Waals surface area contributed by atoms with Crippen LogP contribution in [-0.4, -0.2) is 39.7 Å². The van der Waals surface area contributed by atoms with Crippen LogP contribution in [-0.2, 0) is 4.74 Å². The van der Waals surface area contributed by atoms with Gasteiger partial charge in [0.25, 0.3) is 0 Å². The summed E-state index contributed by atoms with van der Waals surface area (Å²) in [6.07, 6.45) is 6.51. The zero-order valence-corrected chi connectivity index (χ0v) is 11.4. The number of ether oxygens (including phenoxy) is 1. The largest absolute Gasteiger partial charge is 0.443 e. The molecule has 0 radical (unpaired) electrons. The van der Waals surface area contributed by atoms with E-state index in [0.29, 0.717) is 19.0 Å². The van der Waals surface area contributed by atoms with Gasteiger partial charge in [-0.05, 0) is 26.8 Å². The highest BCUT2D eigenvalue weighted by Gasteiger charge is 2.23. The number of carbonyl (C=O) groups excluding carboxylic acids is 1. The van der Waals surface area contributed by atoms with Crippen LogP contribution in [0.25, 0.3) is 0 Å². The predicted octanol–water partition coefficient (Wildman–Crippen LogP) is 2.00. The van der Waals surface area contributed by atoms with Gasteiger partial charge in [0.05, 0.1) is 0 Å². The third-order valence-corrected chi connectivity index (χ3v) is 2.45. The highest BCUT2D eigenvalue weighted by Crippen LogP contribution is 2.14. The molecular weight excluding hydrogens is 244 g/mol. The molecule has 0 atom stereocenters. The maximum absolute atomic E-state index is 11.9. The Kier molecular flexibility index (Phi) is 3.69. The number of rotatable bonds is 1. The summed E-state index contributed by atoms with van der Waals surface area (Å²) in [7, 11) is 0. The number of carbonyl (C=O) groups is 1. The van der Waals surface area contributed by atoms with Crippen molar-refractivity contribution in [2.75, 3.05) is 18.0 Å². The van der Waals surface area contributed by atoms with Crippen molar-refractivity contribution in [2.24, 2.45) is 0 Å². The molecule has 6 heteroatoms. The quantitative estimate of drug-likeness (QED) is 0.774. The number of hydrogen-bond donors (Lipinski definition) is 0. The Morgan fingerprint density at radius 3 is 2.42 bits per heavy atom. The fraction of sp³-hybridized carbons (Fsp3) is 0.462. The summed E-state index contributed by atoms with van der Waals surface area (Å²) < 4.78 is 5.30. The number of amides is 1. The molecule has 0 fully saturated rings. The van der Waals surface area contributed by atoms with Gasteiger partial charge in [-0.25, -0.2) is 14.8 Å². The minimum atomic E-state index is -0.482. The summed E-state index contributed by atoms with van der Waals surface area (Å²) >= 11 is 0. The molecule has 0 aromatic carbocycles. The van der Waals surface area contributed by atoms with Crippen molar-refractivity contribution >= 4 is 12.0 Å². The normalized spacial score (nSPS) is 15.5. The van der Waals surface area contributed by atoms with Crippen molar-refractivity contribution in [3.8, 4) is 0 Å². The lowest BCUT2D eigenvalue weighted by Gasteiger charge is -2.30. The molecule has 0 unspecified atom stereocenters. The van der Waals surface area contributed by atoms with Crippen LogP contribution in [0, 0.1) is 0 Å². The van der Waals surface area contributed by atoms with E-state index < -0.39 is 5.60 Å². The van der Waals surface area contributed by atoms with Gasteiger partial charge in [-0.15, -0.1) is 0 Å². The summed E-state index contributed by atoms with van der Waals surface area (Å²) in [4.78, 5) is 23.6. The Balaban J connectivity index is 1.98. The average Bonchev–Trinajstić information content (AvgIpc) is 2.38. The van der Waals surface area contributed by atoms with E-state index in [1.54, 1.807) is 35.8 Å². The van der Waals surface area contributed by atoms with Crippen LogP contribution in [0.1, 0.15) is 20.8 Å². The van der Waals surface area contributed by atoms with Gasteiger partial charge in [-0.1, -0.05) is 0 Å². The molecule has 0 aliphatic carbocycles. The third-order valence-electron chi connectivity index (χ3n) is 2.45. The fourth-order valence-electron chi connectivity index (χ4n) is 1.60. The van der Waals surface area contributed by atoms with Gasteiger partial charge < -0.3 is 9.64 Å². The molecule has 1 aliphatic rings. The van der Waals surface area contributed by atoms with Crippen LogP contribution in [0.4, 0.5) is 10.7 Å². The molecule has 6 nitrogen and oxygen atoms in total. The van der Waals surface area contributed by atoms with Crippen molar-refractivity contribution in [3.63, 3.8) is 0 Å². The van der Waals surface area contributed by atoms with E-state index >= 15 is 0 Å². The minimum absolute atomic E-state index is 0.336. The molecule has 0 saturated carbocycles. The lowest BCUT2D eigenvalue weighted by atomic mass is 10.2. The summed E-state index contributed by atoms with van der Waals surface area (Å²) in [5.41, 5.74) is -0.482. The molecule has 1 amide bonds. The Bertz CT molecular complexity index is 467. The van der Waals surface area contributed by atoms with E-state index in [-0.39, 0.29) is 6.09 Å². The molecule has 0 bridgehead atoms. The van der Waals surface area contributed by atoms with Crippen molar-refractivity contribution < 1.29 is 9.53 Å². The molecule has 0 spiro atoms. The zero-order valence-electron chi connectivity index (χ0n) is 11.4. The number of nitrogens with zero attached hydrogens (tertiary/aromatic N) is 4. The van der Waals surface area contributed by atoms with Crippen LogP contribution in [0.2, 0.25) is 0 Å². The van der Waals surface area contributed by atoms with E-state index in [1.807, 2.05) is 25.7 Å². The van der Waals surface area contributed by atoms with Gasteiger partial charge in [0.15, 0.2) is 0 Å². The first-order valence-electron chi connectivity index (χ1n) is 6.17. The highest BCUT2D eigenvalue weighted by atomic mass is 16.6. The second kappa shape index (κ2) is 5.26. The van der Waals surface area contributed by atoms with Gasteiger partial charge in [-0.3, -0.25) is 4.90 Å². The fourth-order valence-corrected chi connectivity index (χ4v) is 1.60. The van der Waals surface area contributed by atoms with Crippen molar-refractivity contribution in [1.82, 2.24) is 14.9 Å². The standard InChI is InChI=1S/C13H18N4O2/c1-13(2,3)19-12(18)17-9-7-16(8-10-17)11-14-5-4-6-15-11/h4-7,9H,8,10H2,1-3H3. The van der Waals surface area contributed by atoms with E-state index in [0.717, 1.165) is 0 Å². The topological polar surface area (TPSA) is 58.6 Å². The average molecular weight is 262 g/mol. The maximum atomic E-state index is 11.9. The number of aromatic nitrogens is 2. The summed E-state index contributed by atoms with van der Waals surface area (Å²) in [6.45, 7) is 6.73. The summed E-state index contributed by atoms with van der Waals surface area (Å²) in [5, 5.41) is 0. The number of anilines is 1. The smallest absolute Gasteiger partial charge is 0.414 e. The summed E-state index contributed by atoms with van der Waals surface area (Å²) in [6, 6.07) is 1.77. The van der Waals surface area contributed by atoms with Crippen LogP contribution in [0.15, 0.2) is 30.9 Å². The molecule has 1 aromatic heterocycles. The lowest BCUT2D eigenvalue weighted by Crippen LogP contribution is -2.41. The first-order valence-corrected chi connectivity index (χ1v) is 6.17. The second-order valence-electron chi connectivity index (χ2n) is 5.21. The zero-order chi connectivity index (χ0) is 13.9. The first kappa shape index (κ1) is 13.3. The van der Waals surface area contributed by atoms with Crippen molar-refractivity contribution in [3.05, 3.63) is 30.9 Å². The molecule has 1 aromatic rings. The Morgan fingerprint density at radius 1 is 1.21 bits per heavy atom. The van der Waals surface area contributed by atoms with Crippen LogP contribution in [0.3, 0.4) is 0 Å². The first-order chi connectivity index (χ1) is 8.96. The third kappa shape index (κ3) is 3.67. The van der Waals surface area contributed by atoms with E-state index in [1.165, 1.54) is 0 Å². The van der Waals surface area contributed by atoms with E-state index in [4.69, 9.17) is 4.74 Å². The molecule has 2 heterocycles. The molecule has 2 rings (SSSR count). The van der Waals surface area contributed by atoms with Gasteiger partial charge in [0.1, 0.15) is 5.60 Å². The molecule has 102 valence electrons.